The number of amidine groups is 1. The molecular formula is C22H21ClF3N3O3S2. The minimum atomic E-state index is -4.60. The van der Waals surface area contributed by atoms with E-state index >= 15 is 0 Å². The first-order valence-corrected chi connectivity index (χ1v) is 13.5. The Kier molecular flexibility index (Phi) is 6.65. The highest BCUT2D eigenvalue weighted by Crippen LogP contribution is 2.41. The van der Waals surface area contributed by atoms with Crippen LogP contribution >= 0.6 is 23.4 Å². The van der Waals surface area contributed by atoms with E-state index in [0.717, 1.165) is 41.1 Å². The Balaban J connectivity index is 1.60. The lowest BCUT2D eigenvalue weighted by atomic mass is 10.1. The zero-order valence-corrected chi connectivity index (χ0v) is 20.6. The van der Waals surface area contributed by atoms with Crippen molar-refractivity contribution in [3.63, 3.8) is 0 Å². The van der Waals surface area contributed by atoms with Crippen molar-refractivity contribution in [1.29, 1.82) is 0 Å². The number of carbonyl (C=O) groups is 1. The molecule has 2 aliphatic heterocycles. The molecule has 0 spiro atoms. The second kappa shape index (κ2) is 9.09. The van der Waals surface area contributed by atoms with Crippen molar-refractivity contribution in [1.82, 2.24) is 0 Å². The first-order valence-electron chi connectivity index (χ1n) is 10.3. The van der Waals surface area contributed by atoms with Crippen LogP contribution in [0.5, 0.6) is 0 Å². The van der Waals surface area contributed by atoms with Crippen LogP contribution in [0, 0.1) is 13.8 Å². The molecule has 0 bridgehead atoms. The van der Waals surface area contributed by atoms with Gasteiger partial charge in [-0.05, 0) is 49.2 Å². The largest absolute Gasteiger partial charge is 0.416 e. The molecule has 0 saturated carbocycles. The van der Waals surface area contributed by atoms with Gasteiger partial charge in [0.2, 0.25) is 5.91 Å². The van der Waals surface area contributed by atoms with Crippen molar-refractivity contribution < 1.29 is 26.4 Å². The lowest BCUT2D eigenvalue weighted by Gasteiger charge is -2.28. The van der Waals surface area contributed by atoms with E-state index in [1.165, 1.54) is 4.90 Å². The van der Waals surface area contributed by atoms with Crippen molar-refractivity contribution in [3.05, 3.63) is 58.1 Å². The predicted octanol–water partition coefficient (Wildman–Crippen LogP) is 4.69. The standard InChI is InChI=1S/C22H21ClF3N3O3S2/c1-12-4-3-5-16(13(12)2)27-20(30)9-33-21-28-17-10-34(31,32)11-19(17)29(21)18-8-14(22(24,25)26)6-7-15(18)23/h3-8,17,19H,9-11H2,1-2H3,(H,27,30)/t17-,19+/m1/s1. The number of anilines is 2. The summed E-state index contributed by atoms with van der Waals surface area (Å²) in [6, 6.07) is 7.10. The van der Waals surface area contributed by atoms with E-state index in [-0.39, 0.29) is 39.0 Å². The smallest absolute Gasteiger partial charge is 0.325 e. The fraction of sp³-hybridized carbons (Fsp3) is 0.364. The van der Waals surface area contributed by atoms with Gasteiger partial charge in [-0.15, -0.1) is 0 Å². The van der Waals surface area contributed by atoms with Crippen molar-refractivity contribution in [3.8, 4) is 0 Å². The predicted molar refractivity (Wildman–Crippen MR) is 130 cm³/mol. The summed E-state index contributed by atoms with van der Waals surface area (Å²) in [5, 5.41) is 3.13. The third-order valence-corrected chi connectivity index (χ3v) is 8.84. The normalized spacial score (nSPS) is 21.4. The first-order chi connectivity index (χ1) is 15.9. The quantitative estimate of drug-likeness (QED) is 0.619. The highest BCUT2D eigenvalue weighted by molar-refractivity contribution is 8.14. The molecule has 12 heteroatoms. The molecule has 0 aromatic heterocycles. The number of aliphatic imine (C=N–C) groups is 1. The average molecular weight is 532 g/mol. The van der Waals surface area contributed by atoms with Crippen molar-refractivity contribution in [2.75, 3.05) is 27.5 Å². The van der Waals surface area contributed by atoms with Gasteiger partial charge in [-0.2, -0.15) is 13.2 Å². The number of benzene rings is 2. The Hall–Kier alpha value is -2.24. The van der Waals surface area contributed by atoms with E-state index in [4.69, 9.17) is 11.6 Å². The number of hydrogen-bond donors (Lipinski definition) is 1. The van der Waals surface area contributed by atoms with Crippen molar-refractivity contribution >= 4 is 55.6 Å². The van der Waals surface area contributed by atoms with Crippen LogP contribution in [-0.4, -0.2) is 48.8 Å². The van der Waals surface area contributed by atoms with Gasteiger partial charge in [0, 0.05) is 5.69 Å². The number of halogens is 4. The summed E-state index contributed by atoms with van der Waals surface area (Å²) < 4.78 is 64.4. The van der Waals surface area contributed by atoms with Gasteiger partial charge < -0.3 is 10.2 Å². The van der Waals surface area contributed by atoms with Gasteiger partial charge in [0.25, 0.3) is 0 Å². The molecule has 0 unspecified atom stereocenters. The third-order valence-electron chi connectivity index (χ3n) is 5.85. The summed E-state index contributed by atoms with van der Waals surface area (Å²) in [6.45, 7) is 3.81. The summed E-state index contributed by atoms with van der Waals surface area (Å²) in [5.41, 5.74) is 1.72. The van der Waals surface area contributed by atoms with Gasteiger partial charge >= 0.3 is 6.18 Å². The van der Waals surface area contributed by atoms with Crippen LogP contribution in [0.25, 0.3) is 0 Å². The lowest BCUT2D eigenvalue weighted by Crippen LogP contribution is -2.39. The van der Waals surface area contributed by atoms with Crippen LogP contribution in [0.1, 0.15) is 16.7 Å². The number of alkyl halides is 3. The van der Waals surface area contributed by atoms with Gasteiger partial charge in [0.1, 0.15) is 0 Å². The maximum atomic E-state index is 13.4. The number of fused-ring (bicyclic) bond motifs is 1. The zero-order valence-electron chi connectivity index (χ0n) is 18.2. The number of nitrogens with one attached hydrogen (secondary N) is 1. The van der Waals surface area contributed by atoms with Crippen molar-refractivity contribution in [2.24, 2.45) is 4.99 Å². The average Bonchev–Trinajstić information content (AvgIpc) is 3.20. The number of amides is 1. The Bertz CT molecular complexity index is 1280. The molecule has 2 aromatic carbocycles. The van der Waals surface area contributed by atoms with Crippen molar-refractivity contribution in [2.45, 2.75) is 32.1 Å². The van der Waals surface area contributed by atoms with Gasteiger partial charge in [-0.25, -0.2) is 8.42 Å². The molecule has 2 aromatic rings. The molecule has 34 heavy (non-hydrogen) atoms. The fourth-order valence-electron chi connectivity index (χ4n) is 3.99. The minimum absolute atomic E-state index is 0.0160. The molecule has 1 saturated heterocycles. The molecule has 1 fully saturated rings. The molecule has 0 aliphatic carbocycles. The van der Waals surface area contributed by atoms with Crippen LogP contribution in [0.3, 0.4) is 0 Å². The second-order valence-electron chi connectivity index (χ2n) is 8.24. The lowest BCUT2D eigenvalue weighted by molar-refractivity contribution is -0.137. The number of thioether (sulfide) groups is 1. The summed E-state index contributed by atoms with van der Waals surface area (Å²) >= 11 is 7.29. The van der Waals surface area contributed by atoms with E-state index < -0.39 is 33.7 Å². The van der Waals surface area contributed by atoms with Crippen LogP contribution in [0.15, 0.2) is 41.4 Å². The van der Waals surface area contributed by atoms with Gasteiger partial charge in [-0.1, -0.05) is 35.5 Å². The molecule has 182 valence electrons. The molecule has 2 atom stereocenters. The van der Waals surface area contributed by atoms with Gasteiger partial charge in [-0.3, -0.25) is 9.79 Å². The van der Waals surface area contributed by atoms with E-state index in [9.17, 15) is 26.4 Å². The second-order valence-corrected chi connectivity index (χ2v) is 11.7. The zero-order chi connectivity index (χ0) is 24.8. The molecule has 1 N–H and O–H groups in total. The summed E-state index contributed by atoms with van der Waals surface area (Å²) in [6.07, 6.45) is -4.60. The van der Waals surface area contributed by atoms with Gasteiger partial charge in [0.05, 0.1) is 45.6 Å². The molecule has 0 radical (unpaired) electrons. The first kappa shape index (κ1) is 24.9. The Morgan fingerprint density at radius 3 is 2.68 bits per heavy atom. The van der Waals surface area contributed by atoms with E-state index in [2.05, 4.69) is 10.3 Å². The Labute approximate surface area is 204 Å². The maximum absolute atomic E-state index is 13.4. The Morgan fingerprint density at radius 2 is 1.97 bits per heavy atom. The summed E-state index contributed by atoms with van der Waals surface area (Å²) in [4.78, 5) is 18.5. The van der Waals surface area contributed by atoms with E-state index in [1.54, 1.807) is 6.07 Å². The number of aryl methyl sites for hydroxylation is 1. The number of sulfone groups is 1. The van der Waals surface area contributed by atoms with E-state index in [1.807, 2.05) is 26.0 Å². The molecule has 6 nitrogen and oxygen atoms in total. The SMILES string of the molecule is Cc1cccc(NC(=O)CSC2=N[C@@H]3CS(=O)(=O)C[C@@H]3N2c2cc(C(F)(F)F)ccc2Cl)c1C. The van der Waals surface area contributed by atoms with Crippen LogP contribution in [0.4, 0.5) is 24.5 Å². The third kappa shape index (κ3) is 5.06. The number of hydrogen-bond acceptors (Lipinski definition) is 6. The molecule has 1 amide bonds. The number of nitrogens with zero attached hydrogens (tertiary/aromatic N) is 2. The van der Waals surface area contributed by atoms with Crippen LogP contribution < -0.4 is 10.2 Å². The maximum Gasteiger partial charge on any atom is 0.416 e. The summed E-state index contributed by atoms with van der Waals surface area (Å²) in [5.74, 6) is -0.845. The molecule has 2 heterocycles. The molecular weight excluding hydrogens is 511 g/mol. The van der Waals surface area contributed by atoms with Crippen LogP contribution in [0.2, 0.25) is 5.02 Å². The fourth-order valence-corrected chi connectivity index (χ4v) is 6.96. The molecule has 2 aliphatic rings. The summed E-state index contributed by atoms with van der Waals surface area (Å²) in [7, 11) is -3.40. The Morgan fingerprint density at radius 1 is 1.24 bits per heavy atom. The minimum Gasteiger partial charge on any atom is -0.325 e. The van der Waals surface area contributed by atoms with Gasteiger partial charge in [0.15, 0.2) is 15.0 Å². The van der Waals surface area contributed by atoms with Crippen LogP contribution in [-0.2, 0) is 20.8 Å². The number of carbonyl (C=O) groups excluding carboxylic acids is 1. The monoisotopic (exact) mass is 531 g/mol. The highest BCUT2D eigenvalue weighted by Gasteiger charge is 2.48. The van der Waals surface area contributed by atoms with E-state index in [0.29, 0.717) is 5.69 Å². The number of rotatable bonds is 4. The topological polar surface area (TPSA) is 78.8 Å². The highest BCUT2D eigenvalue weighted by atomic mass is 35.5. The molecule has 4 rings (SSSR count).